The van der Waals surface area contributed by atoms with Crippen LogP contribution in [0.1, 0.15) is 52.7 Å². The first kappa shape index (κ1) is 20.8. The summed E-state index contributed by atoms with van der Waals surface area (Å²) in [6, 6.07) is 9.67. The van der Waals surface area contributed by atoms with Gasteiger partial charge in [-0.15, -0.1) is 0 Å². The normalized spacial score (nSPS) is 14.2. The number of benzene rings is 1. The zero-order chi connectivity index (χ0) is 20.6. The number of nitrogens with one attached hydrogen (secondary N) is 2. The largest absolute Gasteiger partial charge is 0.357 e. The van der Waals surface area contributed by atoms with Gasteiger partial charge in [-0.3, -0.25) is 9.59 Å². The summed E-state index contributed by atoms with van der Waals surface area (Å²) in [6.45, 7) is 6.36. The van der Waals surface area contributed by atoms with Crippen LogP contribution in [0.4, 0.5) is 5.82 Å². The minimum absolute atomic E-state index is 0.0505. The topological polar surface area (TPSA) is 74.3 Å². The number of pyridine rings is 1. The number of nitrogens with zero attached hydrogens (tertiary/aromatic N) is 2. The van der Waals surface area contributed by atoms with Gasteiger partial charge in [-0.2, -0.15) is 0 Å². The molecule has 1 aliphatic heterocycles. The van der Waals surface area contributed by atoms with E-state index in [0.29, 0.717) is 12.1 Å². The molecule has 0 aliphatic carbocycles. The van der Waals surface area contributed by atoms with Crippen molar-refractivity contribution < 1.29 is 9.59 Å². The highest BCUT2D eigenvalue weighted by molar-refractivity contribution is 5.96. The fourth-order valence-corrected chi connectivity index (χ4v) is 3.64. The Labute approximate surface area is 172 Å². The number of rotatable bonds is 6. The Morgan fingerprint density at radius 1 is 0.966 bits per heavy atom. The molecule has 0 saturated carbocycles. The molecule has 1 fully saturated rings. The zero-order valence-electron chi connectivity index (χ0n) is 17.3. The molecule has 2 N–H and O–H groups in total. The minimum atomic E-state index is -0.240. The quantitative estimate of drug-likeness (QED) is 0.789. The van der Waals surface area contributed by atoms with Gasteiger partial charge in [0.25, 0.3) is 5.91 Å². The molecule has 2 aromatic rings. The highest BCUT2D eigenvalue weighted by atomic mass is 16.2. The van der Waals surface area contributed by atoms with Crippen LogP contribution in [0.2, 0.25) is 0 Å². The Balaban J connectivity index is 1.44. The molecular weight excluding hydrogens is 364 g/mol. The molecule has 3 rings (SSSR count). The third kappa shape index (κ3) is 6.31. The summed E-state index contributed by atoms with van der Waals surface area (Å²) in [7, 11) is 0. The van der Waals surface area contributed by atoms with Crippen LogP contribution in [-0.4, -0.2) is 36.4 Å². The number of aryl methyl sites for hydroxylation is 2. The molecule has 1 aromatic carbocycles. The maximum Gasteiger partial charge on any atom is 0.251 e. The average molecular weight is 395 g/mol. The Morgan fingerprint density at radius 2 is 1.66 bits per heavy atom. The molecule has 6 nitrogen and oxygen atoms in total. The van der Waals surface area contributed by atoms with Crippen LogP contribution >= 0.6 is 0 Å². The van der Waals surface area contributed by atoms with Gasteiger partial charge in [-0.1, -0.05) is 36.1 Å². The number of aromatic nitrogens is 1. The fourth-order valence-electron chi connectivity index (χ4n) is 3.64. The number of carbonyl (C=O) groups excluding carboxylic acids is 2. The zero-order valence-corrected chi connectivity index (χ0v) is 17.3. The Morgan fingerprint density at radius 3 is 2.28 bits per heavy atom. The number of anilines is 1. The third-order valence-electron chi connectivity index (χ3n) is 5.12. The van der Waals surface area contributed by atoms with Crippen molar-refractivity contribution in [3.63, 3.8) is 0 Å². The van der Waals surface area contributed by atoms with Crippen molar-refractivity contribution >= 4 is 17.6 Å². The molecule has 1 aromatic heterocycles. The summed E-state index contributed by atoms with van der Waals surface area (Å²) in [4.78, 5) is 31.2. The SMILES string of the molecule is Cc1cc(C)cc(C(=O)NCC(=O)NCc2ccc(N3CCCCCC3)nc2)c1. The van der Waals surface area contributed by atoms with Crippen LogP contribution in [0.15, 0.2) is 36.5 Å². The molecule has 0 bridgehead atoms. The summed E-state index contributed by atoms with van der Waals surface area (Å²) >= 11 is 0. The van der Waals surface area contributed by atoms with Crippen molar-refractivity contribution in [2.45, 2.75) is 46.1 Å². The van der Waals surface area contributed by atoms with Gasteiger partial charge >= 0.3 is 0 Å². The van der Waals surface area contributed by atoms with Crippen LogP contribution in [0.25, 0.3) is 0 Å². The summed E-state index contributed by atoms with van der Waals surface area (Å²) in [5.74, 6) is 0.539. The van der Waals surface area contributed by atoms with E-state index in [-0.39, 0.29) is 18.4 Å². The van der Waals surface area contributed by atoms with E-state index in [2.05, 4.69) is 20.5 Å². The molecule has 0 radical (unpaired) electrons. The van der Waals surface area contributed by atoms with Crippen molar-refractivity contribution in [1.29, 1.82) is 0 Å². The van der Waals surface area contributed by atoms with Gasteiger partial charge in [0.1, 0.15) is 5.82 Å². The van der Waals surface area contributed by atoms with E-state index in [1.54, 1.807) is 0 Å². The molecule has 0 unspecified atom stereocenters. The van der Waals surface area contributed by atoms with Gasteiger partial charge in [0, 0.05) is 31.4 Å². The molecular formula is C23H30N4O2. The number of hydrogen-bond donors (Lipinski definition) is 2. The van der Waals surface area contributed by atoms with E-state index in [1.165, 1.54) is 25.7 Å². The predicted octanol–water partition coefficient (Wildman–Crippen LogP) is 3.13. The van der Waals surface area contributed by atoms with Gasteiger partial charge in [0.2, 0.25) is 5.91 Å². The lowest BCUT2D eigenvalue weighted by atomic mass is 10.1. The van der Waals surface area contributed by atoms with Crippen LogP contribution in [0.3, 0.4) is 0 Å². The second-order valence-corrected chi connectivity index (χ2v) is 7.76. The van der Waals surface area contributed by atoms with Crippen LogP contribution in [0, 0.1) is 13.8 Å². The van der Waals surface area contributed by atoms with Crippen LogP contribution in [-0.2, 0) is 11.3 Å². The minimum Gasteiger partial charge on any atom is -0.357 e. The molecule has 0 spiro atoms. The van der Waals surface area contributed by atoms with E-state index >= 15 is 0 Å². The lowest BCUT2D eigenvalue weighted by Gasteiger charge is -2.21. The van der Waals surface area contributed by atoms with Crippen LogP contribution in [0.5, 0.6) is 0 Å². The van der Waals surface area contributed by atoms with Gasteiger partial charge < -0.3 is 15.5 Å². The van der Waals surface area contributed by atoms with E-state index in [9.17, 15) is 9.59 Å². The Kier molecular flexibility index (Phi) is 7.22. The highest BCUT2D eigenvalue weighted by Crippen LogP contribution is 2.17. The van der Waals surface area contributed by atoms with E-state index in [4.69, 9.17) is 0 Å². The molecule has 1 aliphatic rings. The third-order valence-corrected chi connectivity index (χ3v) is 5.12. The second-order valence-electron chi connectivity index (χ2n) is 7.76. The monoisotopic (exact) mass is 394 g/mol. The van der Waals surface area contributed by atoms with Gasteiger partial charge in [0.15, 0.2) is 0 Å². The van der Waals surface area contributed by atoms with E-state index < -0.39 is 0 Å². The van der Waals surface area contributed by atoms with Gasteiger partial charge in [0.05, 0.1) is 6.54 Å². The van der Waals surface area contributed by atoms with Crippen molar-refractivity contribution in [3.8, 4) is 0 Å². The molecule has 6 heteroatoms. The molecule has 0 atom stereocenters. The highest BCUT2D eigenvalue weighted by Gasteiger charge is 2.12. The molecule has 2 heterocycles. The first-order chi connectivity index (χ1) is 14.0. The standard InChI is InChI=1S/C23H30N4O2/c1-17-11-18(2)13-20(12-17)23(29)26-16-22(28)25-15-19-7-8-21(24-14-19)27-9-5-3-4-6-10-27/h7-8,11-14H,3-6,9-10,15-16H2,1-2H3,(H,25,28)(H,26,29). The van der Waals surface area contributed by atoms with Gasteiger partial charge in [-0.25, -0.2) is 4.98 Å². The van der Waals surface area contributed by atoms with Crippen molar-refractivity contribution in [2.75, 3.05) is 24.5 Å². The molecule has 1 saturated heterocycles. The summed E-state index contributed by atoms with van der Waals surface area (Å²) < 4.78 is 0. The summed E-state index contributed by atoms with van der Waals surface area (Å²) in [5, 5.41) is 5.50. The molecule has 154 valence electrons. The maximum atomic E-state index is 12.2. The molecule has 2 amide bonds. The summed E-state index contributed by atoms with van der Waals surface area (Å²) in [6.07, 6.45) is 6.83. The predicted molar refractivity (Wildman–Crippen MR) is 115 cm³/mol. The van der Waals surface area contributed by atoms with E-state index in [0.717, 1.165) is 35.6 Å². The van der Waals surface area contributed by atoms with Crippen molar-refractivity contribution in [2.24, 2.45) is 0 Å². The summed E-state index contributed by atoms with van der Waals surface area (Å²) in [5.41, 5.74) is 3.56. The Bertz CT molecular complexity index is 820. The van der Waals surface area contributed by atoms with Crippen molar-refractivity contribution in [1.82, 2.24) is 15.6 Å². The first-order valence-corrected chi connectivity index (χ1v) is 10.3. The van der Waals surface area contributed by atoms with Crippen molar-refractivity contribution in [3.05, 3.63) is 58.8 Å². The average Bonchev–Trinajstić information content (AvgIpc) is 2.99. The van der Waals surface area contributed by atoms with Crippen LogP contribution < -0.4 is 15.5 Å². The number of carbonyl (C=O) groups is 2. The maximum absolute atomic E-state index is 12.2. The number of amides is 2. The molecule has 29 heavy (non-hydrogen) atoms. The lowest BCUT2D eigenvalue weighted by Crippen LogP contribution is -2.36. The van der Waals surface area contributed by atoms with E-state index in [1.807, 2.05) is 50.4 Å². The Hall–Kier alpha value is -2.89. The fraction of sp³-hybridized carbons (Fsp3) is 0.435. The number of hydrogen-bond acceptors (Lipinski definition) is 4. The first-order valence-electron chi connectivity index (χ1n) is 10.3. The smallest absolute Gasteiger partial charge is 0.251 e. The lowest BCUT2D eigenvalue weighted by molar-refractivity contribution is -0.120. The van der Waals surface area contributed by atoms with Gasteiger partial charge in [-0.05, 0) is 50.5 Å². The second kappa shape index (κ2) is 10.0.